The van der Waals surface area contributed by atoms with Crippen molar-refractivity contribution in [2.24, 2.45) is 5.92 Å². The lowest BCUT2D eigenvalue weighted by atomic mass is 9.69. The molecule has 0 unspecified atom stereocenters. The van der Waals surface area contributed by atoms with E-state index in [-0.39, 0.29) is 15.6 Å². The van der Waals surface area contributed by atoms with Gasteiger partial charge >= 0.3 is 17.8 Å². The summed E-state index contributed by atoms with van der Waals surface area (Å²) in [4.78, 5) is 23.3. The van der Waals surface area contributed by atoms with E-state index in [0.717, 1.165) is 12.1 Å². The van der Waals surface area contributed by atoms with Crippen molar-refractivity contribution in [3.63, 3.8) is 0 Å². The van der Waals surface area contributed by atoms with Gasteiger partial charge in [-0.15, -0.1) is 0 Å². The quantitative estimate of drug-likeness (QED) is 0.433. The van der Waals surface area contributed by atoms with E-state index in [2.05, 4.69) is 0 Å². The molecule has 0 spiro atoms. The van der Waals surface area contributed by atoms with Crippen molar-refractivity contribution in [2.45, 2.75) is 24.2 Å². The normalized spacial score (nSPS) is 21.6. The molecule has 2 rings (SSSR count). The van der Waals surface area contributed by atoms with Gasteiger partial charge in [-0.25, -0.2) is 0 Å². The van der Waals surface area contributed by atoms with Crippen molar-refractivity contribution in [2.75, 3.05) is 0 Å². The summed E-state index contributed by atoms with van der Waals surface area (Å²) >= 11 is 11.2. The Hall–Kier alpha value is -1.28. The number of Topliss-reactive ketones (excluding diaryl/α,β-unsaturated/α-hetero) is 2. The molecule has 0 saturated heterocycles. The monoisotopic (exact) mass is 378 g/mol. The predicted octanol–water partition coefficient (Wildman–Crippen LogP) is 4.67. The van der Waals surface area contributed by atoms with E-state index >= 15 is 0 Å². The van der Waals surface area contributed by atoms with Crippen LogP contribution in [0.3, 0.4) is 0 Å². The number of alkyl halides is 6. The highest BCUT2D eigenvalue weighted by Gasteiger charge is 2.91. The lowest BCUT2D eigenvalue weighted by Crippen LogP contribution is -2.76. The molecule has 0 N–H and O–H groups in total. The zero-order valence-electron chi connectivity index (χ0n) is 10.9. The first-order valence-electron chi connectivity index (χ1n) is 5.98. The Labute approximate surface area is 135 Å². The van der Waals surface area contributed by atoms with Gasteiger partial charge in [0, 0.05) is 15.6 Å². The van der Waals surface area contributed by atoms with Gasteiger partial charge in [0.1, 0.15) is 0 Å². The summed E-state index contributed by atoms with van der Waals surface area (Å²) in [6.45, 7) is 0. The van der Waals surface area contributed by atoms with Gasteiger partial charge < -0.3 is 0 Å². The number of carbonyl (C=O) groups is 2. The first-order chi connectivity index (χ1) is 10.3. The molecule has 1 aliphatic carbocycles. The summed E-state index contributed by atoms with van der Waals surface area (Å²) in [5, 5.41) is -0.0294. The molecule has 1 saturated carbocycles. The molecule has 1 aromatic carbocycles. The molecule has 0 bridgehead atoms. The van der Waals surface area contributed by atoms with Gasteiger partial charge in [0.15, 0.2) is 17.5 Å². The second-order valence-electron chi connectivity index (χ2n) is 4.98. The third-order valence-electron chi connectivity index (χ3n) is 3.40. The van der Waals surface area contributed by atoms with Gasteiger partial charge in [-0.1, -0.05) is 23.2 Å². The number of halogens is 8. The summed E-state index contributed by atoms with van der Waals surface area (Å²) in [5.74, 6) is -22.8. The summed E-state index contributed by atoms with van der Waals surface area (Å²) < 4.78 is 77.8. The zero-order valence-corrected chi connectivity index (χ0v) is 12.4. The maximum atomic E-state index is 13.1. The highest BCUT2D eigenvalue weighted by Crippen LogP contribution is 2.65. The van der Waals surface area contributed by atoms with Gasteiger partial charge in [0.05, 0.1) is 6.42 Å². The summed E-state index contributed by atoms with van der Waals surface area (Å²) in [7, 11) is 0. The molecule has 1 fully saturated rings. The van der Waals surface area contributed by atoms with E-state index in [1.807, 2.05) is 0 Å². The second-order valence-corrected chi connectivity index (χ2v) is 5.85. The number of hydrogen-bond acceptors (Lipinski definition) is 2. The first-order valence-corrected chi connectivity index (χ1v) is 6.73. The molecule has 1 aliphatic rings. The number of ketones is 2. The fourth-order valence-corrected chi connectivity index (χ4v) is 2.74. The average molecular weight is 379 g/mol. The van der Waals surface area contributed by atoms with Crippen LogP contribution in [0, 0.1) is 5.92 Å². The first kappa shape index (κ1) is 18.1. The van der Waals surface area contributed by atoms with E-state index in [1.54, 1.807) is 0 Å². The van der Waals surface area contributed by atoms with Gasteiger partial charge in [-0.3, -0.25) is 9.59 Å². The minimum absolute atomic E-state index is 0.0147. The molecule has 10 heteroatoms. The standard InChI is InChI=1S/C13H6Cl2F6O2/c14-6-1-5(2-7(15)3-6)8(22)4-9(23)10-11(16,17)13(20,21)12(10,18)19/h1-3,10H,4H2. The fraction of sp³-hybridized carbons (Fsp3) is 0.385. The van der Waals surface area contributed by atoms with E-state index in [4.69, 9.17) is 23.2 Å². The maximum absolute atomic E-state index is 13.1. The Kier molecular flexibility index (Phi) is 4.22. The van der Waals surface area contributed by atoms with Crippen LogP contribution < -0.4 is 0 Å². The summed E-state index contributed by atoms with van der Waals surface area (Å²) in [6, 6.07) is 3.31. The lowest BCUT2D eigenvalue weighted by molar-refractivity contribution is -0.423. The lowest BCUT2D eigenvalue weighted by Gasteiger charge is -2.49. The molecular formula is C13H6Cl2F6O2. The second kappa shape index (κ2) is 5.37. The van der Waals surface area contributed by atoms with Crippen LogP contribution in [0.2, 0.25) is 10.0 Å². The average Bonchev–Trinajstić information content (AvgIpc) is 2.35. The fourth-order valence-electron chi connectivity index (χ4n) is 2.22. The Morgan fingerprint density at radius 2 is 1.35 bits per heavy atom. The molecule has 23 heavy (non-hydrogen) atoms. The Morgan fingerprint density at radius 1 is 0.913 bits per heavy atom. The van der Waals surface area contributed by atoms with Crippen LogP contribution in [0.5, 0.6) is 0 Å². The van der Waals surface area contributed by atoms with Crippen molar-refractivity contribution in [3.05, 3.63) is 33.8 Å². The number of benzene rings is 1. The molecule has 0 aliphatic heterocycles. The highest BCUT2D eigenvalue weighted by molar-refractivity contribution is 6.35. The minimum atomic E-state index is -5.64. The summed E-state index contributed by atoms with van der Waals surface area (Å²) in [6.07, 6.45) is -1.40. The molecule has 0 aromatic heterocycles. The Bertz CT molecular complexity index is 651. The van der Waals surface area contributed by atoms with E-state index in [1.165, 1.54) is 6.07 Å². The van der Waals surface area contributed by atoms with Crippen LogP contribution in [-0.4, -0.2) is 29.3 Å². The topological polar surface area (TPSA) is 34.1 Å². The third-order valence-corrected chi connectivity index (χ3v) is 3.84. The van der Waals surface area contributed by atoms with Gasteiger partial charge in [0.25, 0.3) is 0 Å². The van der Waals surface area contributed by atoms with Crippen LogP contribution in [0.25, 0.3) is 0 Å². The van der Waals surface area contributed by atoms with Crippen molar-refractivity contribution in [3.8, 4) is 0 Å². The van der Waals surface area contributed by atoms with Crippen LogP contribution in [-0.2, 0) is 4.79 Å². The van der Waals surface area contributed by atoms with Gasteiger partial charge in [-0.2, -0.15) is 26.3 Å². The van der Waals surface area contributed by atoms with E-state index < -0.39 is 41.7 Å². The molecule has 0 atom stereocenters. The van der Waals surface area contributed by atoms with Crippen molar-refractivity contribution in [1.82, 2.24) is 0 Å². The number of rotatable bonds is 4. The molecule has 2 nitrogen and oxygen atoms in total. The Morgan fingerprint density at radius 3 is 1.78 bits per heavy atom. The molecular weight excluding hydrogens is 373 g/mol. The van der Waals surface area contributed by atoms with Gasteiger partial charge in [-0.05, 0) is 18.2 Å². The predicted molar refractivity (Wildman–Crippen MR) is 68.7 cm³/mol. The van der Waals surface area contributed by atoms with Crippen LogP contribution in [0.15, 0.2) is 18.2 Å². The van der Waals surface area contributed by atoms with Crippen LogP contribution >= 0.6 is 23.2 Å². The van der Waals surface area contributed by atoms with Gasteiger partial charge in [0.2, 0.25) is 0 Å². The third kappa shape index (κ3) is 2.61. The highest BCUT2D eigenvalue weighted by atomic mass is 35.5. The molecule has 0 heterocycles. The van der Waals surface area contributed by atoms with E-state index in [9.17, 15) is 35.9 Å². The SMILES string of the molecule is O=C(CC(=O)C1C(F)(F)C(F)(F)C1(F)F)c1cc(Cl)cc(Cl)c1. The van der Waals surface area contributed by atoms with Crippen molar-refractivity contribution in [1.29, 1.82) is 0 Å². The smallest absolute Gasteiger partial charge is 0.298 e. The number of hydrogen-bond donors (Lipinski definition) is 0. The summed E-state index contributed by atoms with van der Waals surface area (Å²) in [5.41, 5.74) is -0.284. The maximum Gasteiger partial charge on any atom is 0.373 e. The molecule has 126 valence electrons. The molecule has 0 radical (unpaired) electrons. The van der Waals surface area contributed by atoms with Crippen LogP contribution in [0.4, 0.5) is 26.3 Å². The van der Waals surface area contributed by atoms with Crippen molar-refractivity contribution < 1.29 is 35.9 Å². The molecule has 0 amide bonds. The number of carbonyl (C=O) groups excluding carboxylic acids is 2. The molecule has 1 aromatic rings. The largest absolute Gasteiger partial charge is 0.373 e. The van der Waals surface area contributed by atoms with Crippen molar-refractivity contribution >= 4 is 34.8 Å². The Balaban J connectivity index is 2.21. The van der Waals surface area contributed by atoms with E-state index in [0.29, 0.717) is 0 Å². The van der Waals surface area contributed by atoms with Crippen LogP contribution in [0.1, 0.15) is 16.8 Å². The zero-order chi connectivity index (χ0) is 17.8. The minimum Gasteiger partial charge on any atom is -0.298 e.